The van der Waals surface area contributed by atoms with Gasteiger partial charge in [-0.2, -0.15) is 24.5 Å². The van der Waals surface area contributed by atoms with Crippen LogP contribution in [0.4, 0.5) is 13.2 Å². The number of hydrogen-bond donors (Lipinski definition) is 2. The van der Waals surface area contributed by atoms with Crippen molar-refractivity contribution in [2.75, 3.05) is 0 Å². The van der Waals surface area contributed by atoms with Gasteiger partial charge in [0.2, 0.25) is 0 Å². The summed E-state index contributed by atoms with van der Waals surface area (Å²) in [5, 5.41) is 14.2. The molecule has 0 unspecified atom stereocenters. The molecule has 4 nitrogen and oxygen atoms in total. The van der Waals surface area contributed by atoms with Gasteiger partial charge < -0.3 is 14.8 Å². The topological polar surface area (TPSA) is 62.5 Å². The summed E-state index contributed by atoms with van der Waals surface area (Å²) in [7, 11) is 0. The van der Waals surface area contributed by atoms with Crippen LogP contribution in [0, 0.1) is 6.92 Å². The number of carbonyl (C=O) groups is 1. The van der Waals surface area contributed by atoms with E-state index in [4.69, 9.17) is 9.52 Å². The molecule has 0 aromatic carbocycles. The Balaban J connectivity index is 1.98. The van der Waals surface area contributed by atoms with E-state index in [1.807, 2.05) is 0 Å². The summed E-state index contributed by atoms with van der Waals surface area (Å²) in [6, 6.07) is 1.36. The predicted molar refractivity (Wildman–Crippen MR) is 70.3 cm³/mol. The van der Waals surface area contributed by atoms with E-state index in [-0.39, 0.29) is 30.0 Å². The molecule has 2 rings (SSSR count). The maximum atomic E-state index is 12.7. The van der Waals surface area contributed by atoms with Crippen LogP contribution in [-0.4, -0.2) is 11.1 Å². The Morgan fingerprint density at radius 3 is 2.67 bits per heavy atom. The zero-order valence-electron chi connectivity index (χ0n) is 11.0. The lowest BCUT2D eigenvalue weighted by Gasteiger charge is -2.08. The van der Waals surface area contributed by atoms with Gasteiger partial charge in [0.25, 0.3) is 0 Å². The number of thiophene rings is 1. The summed E-state index contributed by atoms with van der Waals surface area (Å²) in [5.41, 5.74) is -0.436. The zero-order valence-corrected chi connectivity index (χ0v) is 11.8. The van der Waals surface area contributed by atoms with Gasteiger partial charge in [-0.25, -0.2) is 4.79 Å². The largest absolute Gasteiger partial charge is 0.478 e. The van der Waals surface area contributed by atoms with Gasteiger partial charge >= 0.3 is 12.1 Å². The fourth-order valence-corrected chi connectivity index (χ4v) is 2.74. The number of aryl methyl sites for hydroxylation is 1. The van der Waals surface area contributed by atoms with E-state index in [2.05, 4.69) is 5.32 Å². The monoisotopic (exact) mass is 319 g/mol. The molecular weight excluding hydrogens is 307 g/mol. The van der Waals surface area contributed by atoms with E-state index in [0.717, 1.165) is 16.7 Å². The minimum atomic E-state index is -4.37. The van der Waals surface area contributed by atoms with Gasteiger partial charge in [-0.05, 0) is 23.9 Å². The van der Waals surface area contributed by atoms with Gasteiger partial charge in [-0.3, -0.25) is 0 Å². The lowest BCUT2D eigenvalue weighted by Crippen LogP contribution is -2.15. The third-order valence-electron chi connectivity index (χ3n) is 2.86. The normalized spacial score (nSPS) is 11.8. The first kappa shape index (κ1) is 15.6. The van der Waals surface area contributed by atoms with Gasteiger partial charge in [0.05, 0.1) is 12.1 Å². The second kappa shape index (κ2) is 5.90. The summed E-state index contributed by atoms with van der Waals surface area (Å²) in [4.78, 5) is 10.8. The molecule has 0 amide bonds. The number of aromatic carboxylic acids is 1. The number of furan rings is 1. The highest BCUT2D eigenvalue weighted by molar-refractivity contribution is 7.08. The molecular formula is C13H12F3NO3S. The number of nitrogens with one attached hydrogen (secondary N) is 1. The molecule has 0 bridgehead atoms. The average Bonchev–Trinajstić information content (AvgIpc) is 2.95. The number of carboxylic acids is 1. The standard InChI is InChI=1S/C13H12F3NO3S/c1-7-10(12(18)19)2-9(20-7)4-17-3-8-5-21-6-11(8)13(14,15)16/h2,5-6,17H,3-4H2,1H3,(H,18,19). The number of halogens is 3. The summed E-state index contributed by atoms with van der Waals surface area (Å²) in [5.74, 6) is -0.459. The van der Waals surface area contributed by atoms with Crippen LogP contribution in [0.15, 0.2) is 21.2 Å². The van der Waals surface area contributed by atoms with Gasteiger partial charge in [-0.15, -0.1) is 0 Å². The van der Waals surface area contributed by atoms with Gasteiger partial charge in [0.15, 0.2) is 0 Å². The molecule has 2 heterocycles. The Hall–Kier alpha value is -1.80. The highest BCUT2D eigenvalue weighted by Gasteiger charge is 2.33. The highest BCUT2D eigenvalue weighted by Crippen LogP contribution is 2.34. The first-order chi connectivity index (χ1) is 9.79. The Bertz CT molecular complexity index is 645. The average molecular weight is 319 g/mol. The third-order valence-corrected chi connectivity index (χ3v) is 3.65. The maximum absolute atomic E-state index is 12.7. The second-order valence-corrected chi connectivity index (χ2v) is 5.14. The SMILES string of the molecule is Cc1oc(CNCc2cscc2C(F)(F)F)cc1C(=O)O. The number of rotatable bonds is 5. The van der Waals surface area contributed by atoms with Crippen molar-refractivity contribution in [2.24, 2.45) is 0 Å². The van der Waals surface area contributed by atoms with Crippen LogP contribution >= 0.6 is 11.3 Å². The van der Waals surface area contributed by atoms with E-state index >= 15 is 0 Å². The Morgan fingerprint density at radius 1 is 1.38 bits per heavy atom. The Labute approximate surface area is 122 Å². The lowest BCUT2D eigenvalue weighted by atomic mass is 10.2. The molecule has 2 aromatic rings. The molecule has 0 saturated carbocycles. The van der Waals surface area contributed by atoms with Crippen LogP contribution in [0.2, 0.25) is 0 Å². The minimum absolute atomic E-state index is 0.0283. The number of carboxylic acid groups (broad SMARTS) is 1. The molecule has 0 aliphatic rings. The Kier molecular flexibility index (Phi) is 4.38. The first-order valence-electron chi connectivity index (χ1n) is 5.94. The summed E-state index contributed by atoms with van der Waals surface area (Å²) < 4.78 is 43.2. The number of hydrogen-bond acceptors (Lipinski definition) is 4. The van der Waals surface area contributed by atoms with E-state index in [9.17, 15) is 18.0 Å². The molecule has 0 aliphatic heterocycles. The van der Waals surface area contributed by atoms with Gasteiger partial charge in [-0.1, -0.05) is 0 Å². The van der Waals surface area contributed by atoms with Crippen molar-refractivity contribution in [1.29, 1.82) is 0 Å². The van der Waals surface area contributed by atoms with E-state index in [1.54, 1.807) is 0 Å². The summed E-state index contributed by atoms with van der Waals surface area (Å²) in [6.07, 6.45) is -4.37. The van der Waals surface area contributed by atoms with Crippen LogP contribution in [0.3, 0.4) is 0 Å². The molecule has 114 valence electrons. The van der Waals surface area contributed by atoms with E-state index < -0.39 is 17.7 Å². The molecule has 0 aliphatic carbocycles. The molecule has 0 fully saturated rings. The summed E-state index contributed by atoms with van der Waals surface area (Å²) >= 11 is 0.989. The van der Waals surface area contributed by atoms with E-state index in [1.165, 1.54) is 18.4 Å². The fraction of sp³-hybridized carbons (Fsp3) is 0.308. The zero-order chi connectivity index (χ0) is 15.6. The molecule has 0 atom stereocenters. The highest BCUT2D eigenvalue weighted by atomic mass is 32.1. The van der Waals surface area contributed by atoms with Crippen LogP contribution in [0.25, 0.3) is 0 Å². The van der Waals surface area contributed by atoms with Crippen molar-refractivity contribution < 1.29 is 27.5 Å². The molecule has 8 heteroatoms. The molecule has 2 aromatic heterocycles. The van der Waals surface area contributed by atoms with Gasteiger partial charge in [0, 0.05) is 11.9 Å². The second-order valence-electron chi connectivity index (χ2n) is 4.40. The van der Waals surface area contributed by atoms with Crippen LogP contribution in [0.5, 0.6) is 0 Å². The number of alkyl halides is 3. The predicted octanol–water partition coefficient (Wildman–Crippen LogP) is 3.66. The van der Waals surface area contributed by atoms with Gasteiger partial charge in [0.1, 0.15) is 17.1 Å². The van der Waals surface area contributed by atoms with Crippen molar-refractivity contribution in [3.05, 3.63) is 45.0 Å². The molecule has 0 spiro atoms. The van der Waals surface area contributed by atoms with Crippen molar-refractivity contribution >= 4 is 17.3 Å². The maximum Gasteiger partial charge on any atom is 0.417 e. The van der Waals surface area contributed by atoms with Crippen LogP contribution < -0.4 is 5.32 Å². The van der Waals surface area contributed by atoms with Crippen LogP contribution in [0.1, 0.15) is 33.0 Å². The van der Waals surface area contributed by atoms with Crippen molar-refractivity contribution in [1.82, 2.24) is 5.32 Å². The third kappa shape index (κ3) is 3.64. The minimum Gasteiger partial charge on any atom is -0.478 e. The quantitative estimate of drug-likeness (QED) is 0.883. The van der Waals surface area contributed by atoms with Crippen molar-refractivity contribution in [3.63, 3.8) is 0 Å². The summed E-state index contributed by atoms with van der Waals surface area (Å²) in [6.45, 7) is 1.70. The fourth-order valence-electron chi connectivity index (χ4n) is 1.87. The smallest absolute Gasteiger partial charge is 0.417 e. The van der Waals surface area contributed by atoms with E-state index in [0.29, 0.717) is 5.76 Å². The molecule has 2 N–H and O–H groups in total. The molecule has 0 radical (unpaired) electrons. The molecule has 0 saturated heterocycles. The first-order valence-corrected chi connectivity index (χ1v) is 6.89. The lowest BCUT2D eigenvalue weighted by molar-refractivity contribution is -0.137. The van der Waals surface area contributed by atoms with Crippen molar-refractivity contribution in [3.8, 4) is 0 Å². The van der Waals surface area contributed by atoms with Crippen molar-refractivity contribution in [2.45, 2.75) is 26.2 Å². The Morgan fingerprint density at radius 2 is 2.10 bits per heavy atom. The van der Waals surface area contributed by atoms with Crippen LogP contribution in [-0.2, 0) is 19.3 Å². The molecule has 21 heavy (non-hydrogen) atoms.